The minimum Gasteiger partial charge on any atom is -0.468 e. The maximum atomic E-state index is 12.9. The summed E-state index contributed by atoms with van der Waals surface area (Å²) in [5.74, 6) is -0.463. The smallest absolute Gasteiger partial charge is 0.325 e. The summed E-state index contributed by atoms with van der Waals surface area (Å²) < 4.78 is 4.72. The van der Waals surface area contributed by atoms with Crippen molar-refractivity contribution in [2.24, 2.45) is 0 Å². The molecule has 0 atom stereocenters. The van der Waals surface area contributed by atoms with Gasteiger partial charge in [0.25, 0.3) is 0 Å². The number of methoxy groups -OCH3 is 1. The van der Waals surface area contributed by atoms with Crippen molar-refractivity contribution in [1.82, 2.24) is 4.90 Å². The van der Waals surface area contributed by atoms with E-state index < -0.39 is 5.97 Å². The second kappa shape index (κ2) is 9.62. The number of carbonyl (C=O) groups excluding carboxylic acids is 2. The maximum Gasteiger partial charge on any atom is 0.325 e. The quantitative estimate of drug-likeness (QED) is 0.690. The van der Waals surface area contributed by atoms with Crippen LogP contribution in [0.3, 0.4) is 0 Å². The van der Waals surface area contributed by atoms with E-state index in [0.717, 1.165) is 17.5 Å². The van der Waals surface area contributed by atoms with Crippen molar-refractivity contribution in [2.75, 3.05) is 20.2 Å². The van der Waals surface area contributed by atoms with Gasteiger partial charge in [-0.2, -0.15) is 0 Å². The Kier molecular flexibility index (Phi) is 7.20. The molecular formula is C21H25NO3. The Balaban J connectivity index is 2.23. The molecule has 2 aromatic rings. The Morgan fingerprint density at radius 3 is 1.92 bits per heavy atom. The number of ether oxygens (including phenoxy) is 1. The molecule has 4 nitrogen and oxygen atoms in total. The number of nitrogens with zero attached hydrogens (tertiary/aromatic N) is 1. The highest BCUT2D eigenvalue weighted by molar-refractivity contribution is 5.83. The number of hydrogen-bond donors (Lipinski definition) is 0. The predicted octanol–water partition coefficient (Wildman–Crippen LogP) is 3.62. The van der Waals surface area contributed by atoms with Crippen molar-refractivity contribution in [1.29, 1.82) is 0 Å². The van der Waals surface area contributed by atoms with Crippen LogP contribution in [0.15, 0.2) is 60.7 Å². The van der Waals surface area contributed by atoms with Crippen LogP contribution < -0.4 is 0 Å². The molecule has 0 saturated heterocycles. The van der Waals surface area contributed by atoms with Crippen molar-refractivity contribution in [3.63, 3.8) is 0 Å². The third-order valence-electron chi connectivity index (χ3n) is 4.18. The van der Waals surface area contributed by atoms with Gasteiger partial charge in [0.15, 0.2) is 0 Å². The lowest BCUT2D eigenvalue weighted by molar-refractivity contribution is -0.147. The minimum atomic E-state index is -0.391. The van der Waals surface area contributed by atoms with Crippen LogP contribution in [0.2, 0.25) is 0 Å². The number of hydrogen-bond acceptors (Lipinski definition) is 3. The van der Waals surface area contributed by atoms with Crippen molar-refractivity contribution < 1.29 is 14.3 Å². The highest BCUT2D eigenvalue weighted by atomic mass is 16.5. The van der Waals surface area contributed by atoms with Gasteiger partial charge < -0.3 is 9.64 Å². The van der Waals surface area contributed by atoms with E-state index in [1.807, 2.05) is 67.6 Å². The van der Waals surface area contributed by atoms with E-state index in [-0.39, 0.29) is 18.4 Å². The van der Waals surface area contributed by atoms with Gasteiger partial charge in [-0.25, -0.2) is 0 Å². The summed E-state index contributed by atoms with van der Waals surface area (Å²) in [6.07, 6.45) is 1.12. The second-order valence-electron chi connectivity index (χ2n) is 5.97. The summed E-state index contributed by atoms with van der Waals surface area (Å²) in [6, 6.07) is 20.0. The van der Waals surface area contributed by atoms with Crippen LogP contribution in [0.1, 0.15) is 36.8 Å². The fourth-order valence-corrected chi connectivity index (χ4v) is 2.88. The molecule has 25 heavy (non-hydrogen) atoms. The number of esters is 1. The van der Waals surface area contributed by atoms with Crippen LogP contribution in [0.4, 0.5) is 0 Å². The zero-order valence-corrected chi connectivity index (χ0v) is 14.9. The van der Waals surface area contributed by atoms with Gasteiger partial charge >= 0.3 is 5.97 Å². The topological polar surface area (TPSA) is 46.6 Å². The van der Waals surface area contributed by atoms with Crippen LogP contribution in [-0.2, 0) is 14.3 Å². The molecule has 0 aliphatic heterocycles. The standard InChI is InChI=1S/C21H25NO3/c1-3-14-22(16-21(24)25-2)20(23)15-19(17-10-6-4-7-11-17)18-12-8-5-9-13-18/h4-13,19H,3,14-16H2,1-2H3. The second-order valence-corrected chi connectivity index (χ2v) is 5.97. The number of amides is 1. The van der Waals surface area contributed by atoms with E-state index in [1.165, 1.54) is 7.11 Å². The van der Waals surface area contributed by atoms with Crippen molar-refractivity contribution in [3.05, 3.63) is 71.8 Å². The molecule has 0 aliphatic carbocycles. The molecule has 0 spiro atoms. The molecule has 132 valence electrons. The molecule has 0 unspecified atom stereocenters. The molecule has 0 aromatic heterocycles. The van der Waals surface area contributed by atoms with Crippen molar-refractivity contribution >= 4 is 11.9 Å². The van der Waals surface area contributed by atoms with Gasteiger partial charge in [0, 0.05) is 18.9 Å². The molecule has 2 aromatic carbocycles. The lowest BCUT2D eigenvalue weighted by atomic mass is 9.88. The predicted molar refractivity (Wildman–Crippen MR) is 98.2 cm³/mol. The highest BCUT2D eigenvalue weighted by Gasteiger charge is 2.23. The van der Waals surface area contributed by atoms with Gasteiger partial charge in [-0.15, -0.1) is 0 Å². The van der Waals surface area contributed by atoms with Gasteiger partial charge in [0.2, 0.25) is 5.91 Å². The van der Waals surface area contributed by atoms with E-state index >= 15 is 0 Å². The summed E-state index contributed by atoms with van der Waals surface area (Å²) in [7, 11) is 1.34. The molecule has 0 radical (unpaired) electrons. The van der Waals surface area contributed by atoms with E-state index in [2.05, 4.69) is 0 Å². The fraction of sp³-hybridized carbons (Fsp3) is 0.333. The molecule has 0 saturated carbocycles. The number of carbonyl (C=O) groups is 2. The third-order valence-corrected chi connectivity index (χ3v) is 4.18. The molecule has 4 heteroatoms. The first kappa shape index (κ1) is 18.7. The van der Waals surface area contributed by atoms with Gasteiger partial charge in [0.05, 0.1) is 7.11 Å². The van der Waals surface area contributed by atoms with Crippen molar-refractivity contribution in [3.8, 4) is 0 Å². The zero-order valence-electron chi connectivity index (χ0n) is 14.9. The van der Waals surface area contributed by atoms with Gasteiger partial charge in [-0.3, -0.25) is 9.59 Å². The van der Waals surface area contributed by atoms with Crippen LogP contribution in [-0.4, -0.2) is 37.0 Å². The SMILES string of the molecule is CCCN(CC(=O)OC)C(=O)CC(c1ccccc1)c1ccccc1. The van der Waals surface area contributed by atoms with E-state index in [9.17, 15) is 9.59 Å². The first-order valence-electron chi connectivity index (χ1n) is 8.60. The van der Waals surface area contributed by atoms with Crippen LogP contribution in [0.5, 0.6) is 0 Å². The molecule has 2 rings (SSSR count). The molecule has 0 heterocycles. The molecule has 0 N–H and O–H groups in total. The normalized spacial score (nSPS) is 10.5. The summed E-state index contributed by atoms with van der Waals surface area (Å²) in [5.41, 5.74) is 2.19. The zero-order chi connectivity index (χ0) is 18.1. The monoisotopic (exact) mass is 339 g/mol. The van der Waals surface area contributed by atoms with E-state index in [1.54, 1.807) is 4.90 Å². The van der Waals surface area contributed by atoms with E-state index in [0.29, 0.717) is 13.0 Å². The molecule has 1 amide bonds. The highest BCUT2D eigenvalue weighted by Crippen LogP contribution is 2.28. The Morgan fingerprint density at radius 1 is 0.960 bits per heavy atom. The van der Waals surface area contributed by atoms with Crippen LogP contribution >= 0.6 is 0 Å². The Bertz CT molecular complexity index is 631. The lowest BCUT2D eigenvalue weighted by Crippen LogP contribution is -2.37. The van der Waals surface area contributed by atoms with Crippen LogP contribution in [0.25, 0.3) is 0 Å². The van der Waals surface area contributed by atoms with Crippen LogP contribution in [0, 0.1) is 0 Å². The third kappa shape index (κ3) is 5.45. The largest absolute Gasteiger partial charge is 0.468 e. The van der Waals surface area contributed by atoms with E-state index in [4.69, 9.17) is 4.74 Å². The minimum absolute atomic E-state index is 0.000523. The number of benzene rings is 2. The molecular weight excluding hydrogens is 314 g/mol. The van der Waals surface area contributed by atoms with Gasteiger partial charge in [-0.1, -0.05) is 67.6 Å². The average molecular weight is 339 g/mol. The molecule has 0 aliphatic rings. The molecule has 0 fully saturated rings. The van der Waals surface area contributed by atoms with Gasteiger partial charge in [0.1, 0.15) is 6.54 Å². The summed E-state index contributed by atoms with van der Waals surface area (Å²) in [5, 5.41) is 0. The first-order valence-corrected chi connectivity index (χ1v) is 8.60. The Hall–Kier alpha value is -2.62. The summed E-state index contributed by atoms with van der Waals surface area (Å²) in [4.78, 5) is 26.1. The Morgan fingerprint density at radius 2 is 1.48 bits per heavy atom. The molecule has 0 bridgehead atoms. The number of rotatable bonds is 8. The Labute approximate surface area is 149 Å². The summed E-state index contributed by atoms with van der Waals surface area (Å²) in [6.45, 7) is 2.53. The summed E-state index contributed by atoms with van der Waals surface area (Å²) >= 11 is 0. The maximum absolute atomic E-state index is 12.9. The fourth-order valence-electron chi connectivity index (χ4n) is 2.88. The lowest BCUT2D eigenvalue weighted by Gasteiger charge is -2.24. The first-order chi connectivity index (χ1) is 12.2. The average Bonchev–Trinajstić information content (AvgIpc) is 2.66. The van der Waals surface area contributed by atoms with Gasteiger partial charge in [-0.05, 0) is 17.5 Å². The van der Waals surface area contributed by atoms with Crippen molar-refractivity contribution in [2.45, 2.75) is 25.7 Å².